The van der Waals surface area contributed by atoms with Crippen molar-refractivity contribution in [2.75, 3.05) is 56.2 Å². The minimum absolute atomic E-state index is 0.570. The quantitative estimate of drug-likeness (QED) is 0.642. The topological polar surface area (TPSA) is 51.1 Å². The molecule has 2 N–H and O–H groups in total. The second-order valence-corrected chi connectivity index (χ2v) is 7.88. The van der Waals surface area contributed by atoms with Crippen LogP contribution in [0.15, 0.2) is 22.5 Å². The highest BCUT2D eigenvalue weighted by Crippen LogP contribution is 2.27. The van der Waals surface area contributed by atoms with Crippen LogP contribution in [-0.2, 0) is 0 Å². The number of thioether (sulfide) groups is 1. The van der Waals surface area contributed by atoms with E-state index in [0.717, 1.165) is 50.1 Å². The molecule has 3 rings (SSSR count). The predicted octanol–water partition coefficient (Wildman–Crippen LogP) is 1.31. The molecule has 0 saturated carbocycles. The van der Waals surface area contributed by atoms with E-state index in [-0.39, 0.29) is 0 Å². The average Bonchev–Trinajstić information content (AvgIpc) is 3.21. The Morgan fingerprint density at radius 1 is 1.41 bits per heavy atom. The molecule has 3 heterocycles. The molecule has 2 aliphatic heterocycles. The van der Waals surface area contributed by atoms with Crippen LogP contribution >= 0.6 is 23.1 Å². The first-order valence-corrected chi connectivity index (χ1v) is 9.78. The monoisotopic (exact) mass is 340 g/mol. The smallest absolute Gasteiger partial charge is 0.193 e. The van der Waals surface area contributed by atoms with Crippen LogP contribution in [0, 0.1) is 0 Å². The number of nitrogens with one attached hydrogen (secondary N) is 1. The molecule has 1 unspecified atom stereocenters. The van der Waals surface area contributed by atoms with Crippen molar-refractivity contribution in [3.05, 3.63) is 17.5 Å². The molecule has 1 atom stereocenters. The van der Waals surface area contributed by atoms with Crippen LogP contribution in [0.2, 0.25) is 0 Å². The van der Waals surface area contributed by atoms with E-state index in [1.54, 1.807) is 11.3 Å². The molecule has 0 radical (unpaired) electrons. The van der Waals surface area contributed by atoms with Gasteiger partial charge in [0.1, 0.15) is 0 Å². The van der Waals surface area contributed by atoms with Crippen LogP contribution in [0.4, 0.5) is 5.00 Å². The van der Waals surface area contributed by atoms with Gasteiger partial charge in [-0.3, -0.25) is 4.99 Å². The van der Waals surface area contributed by atoms with E-state index in [1.807, 2.05) is 18.8 Å². The highest BCUT2D eigenvalue weighted by Gasteiger charge is 2.32. The van der Waals surface area contributed by atoms with Gasteiger partial charge in [-0.25, -0.2) is 0 Å². The molecule has 0 bridgehead atoms. The Kier molecular flexibility index (Phi) is 5.15. The van der Waals surface area contributed by atoms with Gasteiger partial charge in [-0.15, -0.1) is 11.3 Å². The number of nitrogens with zero attached hydrogens (tertiary/aromatic N) is 3. The number of rotatable bonds is 3. The van der Waals surface area contributed by atoms with Gasteiger partial charge in [-0.2, -0.15) is 11.8 Å². The van der Waals surface area contributed by atoms with Crippen LogP contribution in [0.3, 0.4) is 0 Å². The van der Waals surface area contributed by atoms with Crippen molar-refractivity contribution in [2.24, 2.45) is 4.99 Å². The maximum atomic E-state index is 10.4. The Labute approximate surface area is 140 Å². The fraction of sp³-hybridized carbons (Fsp3) is 0.667. The van der Waals surface area contributed by atoms with Crippen LogP contribution in [0.1, 0.15) is 6.42 Å². The standard InChI is InChI=1S/C15H24N4OS2/c1-16-14(17-11-15(20)4-10-21-12-15)19-7-5-18(6-8-19)13-3-2-9-22-13/h2-3,9,20H,4-8,10-12H2,1H3,(H,16,17). The zero-order chi connectivity index (χ0) is 15.4. The van der Waals surface area contributed by atoms with Gasteiger partial charge in [-0.1, -0.05) is 0 Å². The Bertz CT molecular complexity index is 492. The lowest BCUT2D eigenvalue weighted by atomic mass is 10.0. The normalized spacial score (nSPS) is 26.5. The van der Waals surface area contributed by atoms with Gasteiger partial charge in [0.2, 0.25) is 0 Å². The SMILES string of the molecule is CN=C(NCC1(O)CCSC1)N1CCN(c2cccs2)CC1. The third kappa shape index (κ3) is 3.70. The van der Waals surface area contributed by atoms with E-state index >= 15 is 0 Å². The fourth-order valence-electron chi connectivity index (χ4n) is 2.90. The summed E-state index contributed by atoms with van der Waals surface area (Å²) < 4.78 is 0. The molecule has 5 nitrogen and oxygen atoms in total. The van der Waals surface area contributed by atoms with Gasteiger partial charge in [0.25, 0.3) is 0 Å². The van der Waals surface area contributed by atoms with Crippen LogP contribution in [-0.4, -0.2) is 72.8 Å². The highest BCUT2D eigenvalue weighted by molar-refractivity contribution is 7.99. The first-order chi connectivity index (χ1) is 10.7. The Morgan fingerprint density at radius 3 is 2.82 bits per heavy atom. The maximum Gasteiger partial charge on any atom is 0.193 e. The molecule has 1 aromatic rings. The molecule has 1 aromatic heterocycles. The number of hydrogen-bond donors (Lipinski definition) is 2. The minimum atomic E-state index is -0.570. The van der Waals surface area contributed by atoms with E-state index in [1.165, 1.54) is 5.00 Å². The van der Waals surface area contributed by atoms with Crippen molar-refractivity contribution in [1.29, 1.82) is 0 Å². The Morgan fingerprint density at radius 2 is 2.23 bits per heavy atom. The van der Waals surface area contributed by atoms with Gasteiger partial charge in [0.15, 0.2) is 5.96 Å². The molecule has 2 aliphatic rings. The van der Waals surface area contributed by atoms with E-state index in [4.69, 9.17) is 0 Å². The van der Waals surface area contributed by atoms with Crippen molar-refractivity contribution < 1.29 is 5.11 Å². The third-order valence-corrected chi connectivity index (χ3v) is 6.43. The Balaban J connectivity index is 1.50. The molecule has 0 amide bonds. The molecular weight excluding hydrogens is 316 g/mol. The van der Waals surface area contributed by atoms with Gasteiger partial charge in [0, 0.05) is 45.5 Å². The molecule has 0 aromatic carbocycles. The molecular formula is C15H24N4OS2. The van der Waals surface area contributed by atoms with E-state index in [2.05, 4.69) is 37.6 Å². The number of aliphatic hydroxyl groups is 1. The van der Waals surface area contributed by atoms with E-state index in [0.29, 0.717) is 6.54 Å². The number of guanidine groups is 1. The van der Waals surface area contributed by atoms with E-state index < -0.39 is 5.60 Å². The summed E-state index contributed by atoms with van der Waals surface area (Å²) in [6.45, 7) is 4.55. The summed E-state index contributed by atoms with van der Waals surface area (Å²) >= 11 is 3.62. The van der Waals surface area contributed by atoms with Gasteiger partial charge in [-0.05, 0) is 29.7 Å². The number of hydrogen-bond acceptors (Lipinski definition) is 5. The molecule has 122 valence electrons. The molecule has 0 aliphatic carbocycles. The zero-order valence-electron chi connectivity index (χ0n) is 13.0. The summed E-state index contributed by atoms with van der Waals surface area (Å²) in [6.07, 6.45) is 0.869. The van der Waals surface area contributed by atoms with Crippen LogP contribution < -0.4 is 10.2 Å². The summed E-state index contributed by atoms with van der Waals surface area (Å²) in [4.78, 5) is 9.10. The first-order valence-electron chi connectivity index (χ1n) is 7.74. The second-order valence-electron chi connectivity index (χ2n) is 5.85. The number of anilines is 1. The molecule has 22 heavy (non-hydrogen) atoms. The summed E-state index contributed by atoms with van der Waals surface area (Å²) in [5.74, 6) is 2.79. The zero-order valence-corrected chi connectivity index (χ0v) is 14.6. The van der Waals surface area contributed by atoms with Crippen LogP contribution in [0.5, 0.6) is 0 Å². The summed E-state index contributed by atoms with van der Waals surface area (Å²) in [5, 5.41) is 17.3. The Hall–Kier alpha value is -0.920. The summed E-state index contributed by atoms with van der Waals surface area (Å²) in [6, 6.07) is 4.29. The number of thiophene rings is 1. The summed E-state index contributed by atoms with van der Waals surface area (Å²) in [7, 11) is 1.82. The molecule has 0 spiro atoms. The highest BCUT2D eigenvalue weighted by atomic mass is 32.2. The van der Waals surface area contributed by atoms with Crippen molar-refractivity contribution in [3.8, 4) is 0 Å². The molecule has 7 heteroatoms. The first kappa shape index (κ1) is 16.0. The van der Waals surface area contributed by atoms with Crippen molar-refractivity contribution in [1.82, 2.24) is 10.2 Å². The van der Waals surface area contributed by atoms with Crippen molar-refractivity contribution >= 4 is 34.1 Å². The van der Waals surface area contributed by atoms with Gasteiger partial charge in [0.05, 0.1) is 10.6 Å². The fourth-order valence-corrected chi connectivity index (χ4v) is 4.98. The lowest BCUT2D eigenvalue weighted by Gasteiger charge is -2.37. The lowest BCUT2D eigenvalue weighted by Crippen LogP contribution is -2.54. The molecule has 2 saturated heterocycles. The van der Waals surface area contributed by atoms with Crippen LogP contribution in [0.25, 0.3) is 0 Å². The lowest BCUT2D eigenvalue weighted by molar-refractivity contribution is 0.0716. The van der Waals surface area contributed by atoms with Gasteiger partial charge < -0.3 is 20.2 Å². The average molecular weight is 341 g/mol. The predicted molar refractivity (Wildman–Crippen MR) is 96.4 cm³/mol. The maximum absolute atomic E-state index is 10.4. The molecule has 2 fully saturated rings. The van der Waals surface area contributed by atoms with Crippen molar-refractivity contribution in [2.45, 2.75) is 12.0 Å². The number of aliphatic imine (C=N–C) groups is 1. The van der Waals surface area contributed by atoms with Gasteiger partial charge >= 0.3 is 0 Å². The number of piperazine rings is 1. The van der Waals surface area contributed by atoms with Crippen molar-refractivity contribution in [3.63, 3.8) is 0 Å². The largest absolute Gasteiger partial charge is 0.387 e. The summed E-state index contributed by atoms with van der Waals surface area (Å²) in [5.41, 5.74) is -0.570. The van der Waals surface area contributed by atoms with E-state index in [9.17, 15) is 5.11 Å². The third-order valence-electron chi connectivity index (χ3n) is 4.27. The minimum Gasteiger partial charge on any atom is -0.387 e. The second kappa shape index (κ2) is 7.10.